The minimum Gasteiger partial charge on any atom is -0.297 e. The van der Waals surface area contributed by atoms with E-state index in [1.54, 1.807) is 0 Å². The number of thiophene rings is 1. The Morgan fingerprint density at radius 1 is 1.80 bits per heavy atom. The van der Waals surface area contributed by atoms with Gasteiger partial charge in [0.2, 0.25) is 0 Å². The molecule has 15 heavy (non-hydrogen) atoms. The Kier molecular flexibility index (Phi) is 5.15. The number of nitrogens with zero attached hydrogens (tertiary/aromatic N) is 4. The van der Waals surface area contributed by atoms with Gasteiger partial charge in [-0.25, -0.2) is 0 Å². The van der Waals surface area contributed by atoms with Crippen LogP contribution in [-0.4, -0.2) is 13.1 Å². The van der Waals surface area contributed by atoms with Crippen LogP contribution in [0.4, 0.5) is 0 Å². The van der Waals surface area contributed by atoms with Crippen molar-refractivity contribution in [3.8, 4) is 6.07 Å². The van der Waals surface area contributed by atoms with E-state index in [1.807, 2.05) is 11.4 Å². The second kappa shape index (κ2) is 6.43. The molecule has 0 saturated heterocycles. The molecule has 1 heterocycles. The van der Waals surface area contributed by atoms with Crippen LogP contribution in [0.5, 0.6) is 0 Å². The molecule has 0 spiro atoms. The van der Waals surface area contributed by atoms with Crippen molar-refractivity contribution in [3.63, 3.8) is 0 Å². The van der Waals surface area contributed by atoms with Crippen molar-refractivity contribution in [2.45, 2.75) is 6.04 Å². The smallest absolute Gasteiger partial charge is 0.130 e. The molecule has 1 N–H and O–H groups in total. The van der Waals surface area contributed by atoms with Crippen LogP contribution in [-0.2, 0) is 0 Å². The third-order valence-electron chi connectivity index (χ3n) is 1.62. The van der Waals surface area contributed by atoms with E-state index in [0.29, 0.717) is 13.1 Å². The molecule has 1 unspecified atom stereocenters. The minimum absolute atomic E-state index is 0.338. The molecule has 0 aliphatic carbocycles. The topological polar surface area (TPSA) is 84.6 Å². The van der Waals surface area contributed by atoms with Gasteiger partial charge in [0, 0.05) is 32.7 Å². The van der Waals surface area contributed by atoms with Gasteiger partial charge in [-0.2, -0.15) is 5.26 Å². The third-order valence-corrected chi connectivity index (χ3v) is 3.38. The summed E-state index contributed by atoms with van der Waals surface area (Å²) in [6, 6.07) is 3.72. The van der Waals surface area contributed by atoms with Gasteiger partial charge in [0.25, 0.3) is 0 Å². The predicted octanol–water partition coefficient (Wildman–Crippen LogP) is 2.98. The van der Waals surface area contributed by atoms with E-state index >= 15 is 0 Å². The van der Waals surface area contributed by atoms with Crippen molar-refractivity contribution in [1.82, 2.24) is 5.32 Å². The zero-order valence-corrected chi connectivity index (χ0v) is 10.1. The first-order valence-corrected chi connectivity index (χ1v) is 5.83. The Morgan fingerprint density at radius 3 is 3.13 bits per heavy atom. The number of nitrogens with one attached hydrogen (secondary N) is 1. The summed E-state index contributed by atoms with van der Waals surface area (Å²) >= 11 is 4.84. The molecule has 0 radical (unpaired) electrons. The first kappa shape index (κ1) is 12.0. The van der Waals surface area contributed by atoms with Gasteiger partial charge >= 0.3 is 0 Å². The summed E-state index contributed by atoms with van der Waals surface area (Å²) in [4.78, 5) is 3.58. The molecule has 0 aliphatic rings. The van der Waals surface area contributed by atoms with Gasteiger partial charge in [-0.15, -0.1) is 11.3 Å². The molecule has 78 valence electrons. The lowest BCUT2D eigenvalue weighted by molar-refractivity contribution is 0.643. The third kappa shape index (κ3) is 3.90. The average molecular weight is 286 g/mol. The molecule has 1 atom stereocenters. The molecule has 0 fully saturated rings. The van der Waals surface area contributed by atoms with Gasteiger partial charge in [0.05, 0.1) is 6.07 Å². The van der Waals surface area contributed by atoms with Crippen LogP contribution in [0, 0.1) is 11.3 Å². The molecule has 0 aliphatic heterocycles. The Bertz CT molecular complexity index is 403. The van der Waals surface area contributed by atoms with E-state index in [4.69, 9.17) is 10.8 Å². The Hall–Kier alpha value is -1.06. The van der Waals surface area contributed by atoms with Crippen LogP contribution in [0.2, 0.25) is 0 Å². The maximum absolute atomic E-state index is 8.92. The largest absolute Gasteiger partial charge is 0.297 e. The van der Waals surface area contributed by atoms with E-state index in [1.165, 1.54) is 11.3 Å². The summed E-state index contributed by atoms with van der Waals surface area (Å²) in [6.45, 7) is 0.846. The highest BCUT2D eigenvalue weighted by Gasteiger charge is 2.11. The summed E-state index contributed by atoms with van der Waals surface area (Å²) < 4.78 is 0.972. The van der Waals surface area contributed by atoms with Crippen LogP contribution in [0.15, 0.2) is 21.0 Å². The second-order valence-electron chi connectivity index (χ2n) is 2.64. The van der Waals surface area contributed by atoms with Crippen LogP contribution in [0.25, 0.3) is 10.4 Å². The highest BCUT2D eigenvalue weighted by molar-refractivity contribution is 9.10. The van der Waals surface area contributed by atoms with E-state index in [9.17, 15) is 0 Å². The lowest BCUT2D eigenvalue weighted by Gasteiger charge is -2.07. The second-order valence-corrected chi connectivity index (χ2v) is 4.50. The summed E-state index contributed by atoms with van der Waals surface area (Å²) in [5.41, 5.74) is 8.07. The number of hydrogen-bond donors (Lipinski definition) is 1. The molecule has 0 saturated carbocycles. The molecule has 1 aromatic rings. The summed E-state index contributed by atoms with van der Waals surface area (Å²) in [5.74, 6) is 0. The summed E-state index contributed by atoms with van der Waals surface area (Å²) in [6.07, 6.45) is 0. The molecule has 0 bridgehead atoms. The van der Waals surface area contributed by atoms with E-state index in [0.717, 1.165) is 9.35 Å². The maximum Gasteiger partial charge on any atom is 0.130 e. The molecular weight excluding hydrogens is 278 g/mol. The predicted molar refractivity (Wildman–Crippen MR) is 62.4 cm³/mol. The zero-order chi connectivity index (χ0) is 11.1. The first-order chi connectivity index (χ1) is 7.27. The van der Waals surface area contributed by atoms with Crippen LogP contribution in [0.3, 0.4) is 0 Å². The average Bonchev–Trinajstić information content (AvgIpc) is 2.65. The van der Waals surface area contributed by atoms with E-state index in [2.05, 4.69) is 37.3 Å². The van der Waals surface area contributed by atoms with Crippen molar-refractivity contribution in [1.29, 1.82) is 5.26 Å². The highest BCUT2D eigenvalue weighted by atomic mass is 79.9. The number of nitriles is 1. The standard InChI is InChI=1S/C8H8BrN5S/c9-6-3-8(15-5-6)7(4-10)12-1-2-13-14-11/h3,5,7,12H,1-2H2. The van der Waals surface area contributed by atoms with Crippen molar-refractivity contribution in [2.75, 3.05) is 13.1 Å². The van der Waals surface area contributed by atoms with Crippen molar-refractivity contribution in [3.05, 3.63) is 31.2 Å². The molecular formula is C8H8BrN5S. The van der Waals surface area contributed by atoms with Gasteiger partial charge < -0.3 is 0 Å². The van der Waals surface area contributed by atoms with Crippen molar-refractivity contribution >= 4 is 27.3 Å². The number of halogens is 1. The van der Waals surface area contributed by atoms with Crippen LogP contribution in [0.1, 0.15) is 10.9 Å². The lowest BCUT2D eigenvalue weighted by Crippen LogP contribution is -2.21. The molecule has 1 rings (SSSR count). The number of azide groups is 1. The normalized spacial score (nSPS) is 11.5. The van der Waals surface area contributed by atoms with Crippen molar-refractivity contribution < 1.29 is 0 Å². The van der Waals surface area contributed by atoms with Crippen molar-refractivity contribution in [2.24, 2.45) is 5.11 Å². The SMILES string of the molecule is N#CC(NCCN=[N+]=[N-])c1cc(Br)cs1. The van der Waals surface area contributed by atoms with Gasteiger partial charge in [-0.1, -0.05) is 5.11 Å². The van der Waals surface area contributed by atoms with Gasteiger partial charge in [-0.3, -0.25) is 5.32 Å². The lowest BCUT2D eigenvalue weighted by atomic mass is 10.2. The van der Waals surface area contributed by atoms with E-state index < -0.39 is 0 Å². The molecule has 7 heteroatoms. The summed E-state index contributed by atoms with van der Waals surface area (Å²) in [5, 5.41) is 17.2. The minimum atomic E-state index is -0.338. The fourth-order valence-corrected chi connectivity index (χ4v) is 2.46. The molecule has 0 amide bonds. The Morgan fingerprint density at radius 2 is 2.60 bits per heavy atom. The van der Waals surface area contributed by atoms with Gasteiger partial charge in [0.15, 0.2) is 0 Å². The van der Waals surface area contributed by atoms with Crippen LogP contribution < -0.4 is 5.32 Å². The molecule has 5 nitrogen and oxygen atoms in total. The number of hydrogen-bond acceptors (Lipinski definition) is 4. The fraction of sp³-hybridized carbons (Fsp3) is 0.375. The Balaban J connectivity index is 2.50. The van der Waals surface area contributed by atoms with E-state index in [-0.39, 0.29) is 6.04 Å². The quantitative estimate of drug-likeness (QED) is 0.390. The zero-order valence-electron chi connectivity index (χ0n) is 7.72. The molecule has 0 aromatic carbocycles. The summed E-state index contributed by atoms with van der Waals surface area (Å²) in [7, 11) is 0. The number of rotatable bonds is 5. The van der Waals surface area contributed by atoms with Gasteiger partial charge in [-0.05, 0) is 27.5 Å². The fourth-order valence-electron chi connectivity index (χ4n) is 0.993. The first-order valence-electron chi connectivity index (χ1n) is 4.15. The maximum atomic E-state index is 8.92. The monoisotopic (exact) mass is 285 g/mol. The molecule has 1 aromatic heterocycles. The van der Waals surface area contributed by atoms with Gasteiger partial charge in [0.1, 0.15) is 6.04 Å². The van der Waals surface area contributed by atoms with Crippen LogP contribution >= 0.6 is 27.3 Å². The Labute approximate surface area is 99.5 Å². The highest BCUT2D eigenvalue weighted by Crippen LogP contribution is 2.24.